The fraction of sp³-hybridized carbons (Fsp3) is 0.188. The minimum atomic E-state index is -0.256. The number of hydrazone groups is 1. The number of hydrogen-bond donors (Lipinski definition) is 2. The van der Waals surface area contributed by atoms with E-state index in [1.165, 1.54) is 12.1 Å². The fourth-order valence-corrected chi connectivity index (χ4v) is 2.39. The fourth-order valence-electron chi connectivity index (χ4n) is 2.39. The van der Waals surface area contributed by atoms with Crippen LogP contribution < -0.4 is 5.43 Å². The number of benzene rings is 2. The smallest absolute Gasteiger partial charge is 0.123 e. The Bertz CT molecular complexity index is 665. The summed E-state index contributed by atoms with van der Waals surface area (Å²) in [5.41, 5.74) is 6.64. The van der Waals surface area contributed by atoms with Crippen LogP contribution in [0.25, 0.3) is 0 Å². The van der Waals surface area contributed by atoms with Gasteiger partial charge in [-0.3, -0.25) is 0 Å². The van der Waals surface area contributed by atoms with E-state index >= 15 is 0 Å². The van der Waals surface area contributed by atoms with Gasteiger partial charge in [0.25, 0.3) is 0 Å². The first kappa shape index (κ1) is 12.7. The van der Waals surface area contributed by atoms with Crippen molar-refractivity contribution in [3.8, 4) is 5.75 Å². The van der Waals surface area contributed by atoms with Crippen molar-refractivity contribution in [1.29, 1.82) is 0 Å². The Labute approximate surface area is 116 Å². The lowest BCUT2D eigenvalue weighted by Gasteiger charge is -2.12. The van der Waals surface area contributed by atoms with E-state index in [-0.39, 0.29) is 17.6 Å². The van der Waals surface area contributed by atoms with Crippen molar-refractivity contribution in [2.75, 3.05) is 0 Å². The molecule has 1 aliphatic heterocycles. The molecule has 0 aliphatic carbocycles. The Morgan fingerprint density at radius 3 is 2.65 bits per heavy atom. The monoisotopic (exact) mass is 270 g/mol. The second-order valence-corrected chi connectivity index (χ2v) is 5.01. The number of phenols is 1. The molecule has 0 bridgehead atoms. The number of aryl methyl sites for hydroxylation is 1. The highest BCUT2D eigenvalue weighted by atomic mass is 19.1. The van der Waals surface area contributed by atoms with Gasteiger partial charge >= 0.3 is 0 Å². The van der Waals surface area contributed by atoms with Gasteiger partial charge in [0.05, 0.1) is 11.8 Å². The largest absolute Gasteiger partial charge is 0.508 e. The molecule has 0 saturated heterocycles. The topological polar surface area (TPSA) is 44.6 Å². The maximum atomic E-state index is 12.9. The first-order chi connectivity index (χ1) is 9.63. The van der Waals surface area contributed by atoms with Crippen LogP contribution in [0.3, 0.4) is 0 Å². The molecule has 4 heteroatoms. The van der Waals surface area contributed by atoms with E-state index in [4.69, 9.17) is 0 Å². The van der Waals surface area contributed by atoms with Crippen LogP contribution in [-0.4, -0.2) is 10.8 Å². The molecule has 0 radical (unpaired) electrons. The summed E-state index contributed by atoms with van der Waals surface area (Å²) in [4.78, 5) is 0. The highest BCUT2D eigenvalue weighted by Crippen LogP contribution is 2.31. The summed E-state index contributed by atoms with van der Waals surface area (Å²) in [6, 6.07) is 11.9. The van der Waals surface area contributed by atoms with Gasteiger partial charge in [0.1, 0.15) is 11.6 Å². The summed E-state index contributed by atoms with van der Waals surface area (Å²) in [5, 5.41) is 14.3. The zero-order chi connectivity index (χ0) is 14.1. The van der Waals surface area contributed by atoms with E-state index in [1.807, 2.05) is 19.1 Å². The molecule has 1 unspecified atom stereocenters. The van der Waals surface area contributed by atoms with Gasteiger partial charge in [0, 0.05) is 12.0 Å². The molecule has 0 fully saturated rings. The zero-order valence-corrected chi connectivity index (χ0v) is 11.1. The van der Waals surface area contributed by atoms with Crippen LogP contribution >= 0.6 is 0 Å². The normalized spacial score (nSPS) is 17.7. The maximum absolute atomic E-state index is 12.9. The molecule has 3 rings (SSSR count). The minimum Gasteiger partial charge on any atom is -0.508 e. The Kier molecular flexibility index (Phi) is 3.14. The predicted octanol–water partition coefficient (Wildman–Crippen LogP) is 3.28. The second kappa shape index (κ2) is 4.96. The number of nitrogens with one attached hydrogen (secondary N) is 1. The van der Waals surface area contributed by atoms with Crippen LogP contribution in [0, 0.1) is 12.7 Å². The van der Waals surface area contributed by atoms with Crippen LogP contribution in [-0.2, 0) is 0 Å². The molecule has 3 nitrogen and oxygen atoms in total. The number of phenolic OH excluding ortho intramolecular Hbond substituents is 1. The third kappa shape index (κ3) is 2.37. The van der Waals surface area contributed by atoms with E-state index in [0.717, 1.165) is 22.4 Å². The van der Waals surface area contributed by atoms with Crippen LogP contribution in [0.2, 0.25) is 0 Å². The van der Waals surface area contributed by atoms with Crippen molar-refractivity contribution in [2.45, 2.75) is 19.4 Å². The average molecular weight is 270 g/mol. The lowest BCUT2D eigenvalue weighted by molar-refractivity contribution is 0.455. The average Bonchev–Trinajstić information content (AvgIpc) is 2.89. The molecule has 102 valence electrons. The Morgan fingerprint density at radius 1 is 1.20 bits per heavy atom. The molecule has 1 heterocycles. The molecule has 0 amide bonds. The van der Waals surface area contributed by atoms with Crippen molar-refractivity contribution >= 4 is 5.71 Å². The van der Waals surface area contributed by atoms with Gasteiger partial charge < -0.3 is 10.5 Å². The number of rotatable bonds is 2. The Hall–Kier alpha value is -2.36. The summed E-state index contributed by atoms with van der Waals surface area (Å²) >= 11 is 0. The van der Waals surface area contributed by atoms with Crippen molar-refractivity contribution in [2.24, 2.45) is 5.10 Å². The number of aromatic hydroxyl groups is 1. The number of halogens is 1. The van der Waals surface area contributed by atoms with Crippen molar-refractivity contribution < 1.29 is 9.50 Å². The first-order valence-corrected chi connectivity index (χ1v) is 6.51. The third-order valence-electron chi connectivity index (χ3n) is 3.49. The van der Waals surface area contributed by atoms with Crippen LogP contribution in [0.4, 0.5) is 4.39 Å². The van der Waals surface area contributed by atoms with Crippen LogP contribution in [0.1, 0.15) is 29.2 Å². The van der Waals surface area contributed by atoms with E-state index in [1.54, 1.807) is 18.2 Å². The highest BCUT2D eigenvalue weighted by molar-refractivity contribution is 6.01. The quantitative estimate of drug-likeness (QED) is 0.879. The molecule has 2 N–H and O–H groups in total. The third-order valence-corrected chi connectivity index (χ3v) is 3.49. The summed E-state index contributed by atoms with van der Waals surface area (Å²) in [5.74, 6) is 0.0195. The molecule has 0 aromatic heterocycles. The van der Waals surface area contributed by atoms with Crippen LogP contribution in [0.5, 0.6) is 5.75 Å². The Balaban J connectivity index is 1.80. The summed E-state index contributed by atoms with van der Waals surface area (Å²) in [7, 11) is 0. The molecular formula is C16H15FN2O. The number of hydrogen-bond acceptors (Lipinski definition) is 3. The summed E-state index contributed by atoms with van der Waals surface area (Å²) in [6.07, 6.45) is 0.669. The molecule has 1 aliphatic rings. The predicted molar refractivity (Wildman–Crippen MR) is 76.3 cm³/mol. The second-order valence-electron chi connectivity index (χ2n) is 5.01. The van der Waals surface area contributed by atoms with Gasteiger partial charge in [-0.2, -0.15) is 5.10 Å². The lowest BCUT2D eigenvalue weighted by Crippen LogP contribution is -2.10. The standard InChI is InChI=1S/C16H15FN2O/c1-10-2-7-13(16(20)8-10)15-9-14(18-19-15)11-3-5-12(17)6-4-11/h2-8,15,19-20H,9H2,1H3. The summed E-state index contributed by atoms with van der Waals surface area (Å²) in [6.45, 7) is 1.94. The van der Waals surface area contributed by atoms with Gasteiger partial charge in [-0.15, -0.1) is 0 Å². The molecule has 2 aromatic carbocycles. The van der Waals surface area contributed by atoms with Gasteiger partial charge in [-0.1, -0.05) is 24.3 Å². The number of nitrogens with zero attached hydrogens (tertiary/aromatic N) is 1. The van der Waals surface area contributed by atoms with Crippen LogP contribution in [0.15, 0.2) is 47.6 Å². The van der Waals surface area contributed by atoms with Gasteiger partial charge in [0.2, 0.25) is 0 Å². The zero-order valence-electron chi connectivity index (χ0n) is 11.1. The highest BCUT2D eigenvalue weighted by Gasteiger charge is 2.23. The van der Waals surface area contributed by atoms with Crippen molar-refractivity contribution in [1.82, 2.24) is 5.43 Å². The molecule has 1 atom stereocenters. The molecule has 0 spiro atoms. The van der Waals surface area contributed by atoms with Gasteiger partial charge in [-0.05, 0) is 36.2 Å². The molecule has 2 aromatic rings. The van der Waals surface area contributed by atoms with E-state index in [9.17, 15) is 9.50 Å². The first-order valence-electron chi connectivity index (χ1n) is 6.51. The maximum Gasteiger partial charge on any atom is 0.123 e. The van der Waals surface area contributed by atoms with Crippen molar-refractivity contribution in [3.05, 3.63) is 65.0 Å². The van der Waals surface area contributed by atoms with Crippen molar-refractivity contribution in [3.63, 3.8) is 0 Å². The Morgan fingerprint density at radius 2 is 1.95 bits per heavy atom. The minimum absolute atomic E-state index is 0.0457. The molecular weight excluding hydrogens is 255 g/mol. The van der Waals surface area contributed by atoms with E-state index in [2.05, 4.69) is 10.5 Å². The van der Waals surface area contributed by atoms with Gasteiger partial charge in [0.15, 0.2) is 0 Å². The van der Waals surface area contributed by atoms with E-state index < -0.39 is 0 Å². The SMILES string of the molecule is Cc1ccc(C2CC(c3ccc(F)cc3)=NN2)c(O)c1. The molecule has 20 heavy (non-hydrogen) atoms. The van der Waals surface area contributed by atoms with E-state index in [0.29, 0.717) is 6.42 Å². The molecule has 0 saturated carbocycles. The van der Waals surface area contributed by atoms with Gasteiger partial charge in [-0.25, -0.2) is 4.39 Å². The summed E-state index contributed by atoms with van der Waals surface area (Å²) < 4.78 is 12.9. The lowest BCUT2D eigenvalue weighted by atomic mass is 9.97.